The van der Waals surface area contributed by atoms with Gasteiger partial charge in [0.2, 0.25) is 0 Å². The fourth-order valence-corrected chi connectivity index (χ4v) is 2.59. The monoisotopic (exact) mass is 207 g/mol. The van der Waals surface area contributed by atoms with Gasteiger partial charge in [-0.1, -0.05) is 13.3 Å². The summed E-state index contributed by atoms with van der Waals surface area (Å²) in [5.74, 6) is 1.88. The first-order valence-corrected chi connectivity index (χ1v) is 6.32. The molecule has 1 aromatic carbocycles. The maximum atomic E-state index is 5.99. The lowest BCUT2D eigenvalue weighted by atomic mass is 9.79. The van der Waals surface area contributed by atoms with Crippen LogP contribution in [0.5, 0.6) is 0 Å². The number of rotatable bonds is 3. The molecule has 1 fully saturated rings. The summed E-state index contributed by atoms with van der Waals surface area (Å²) in [6, 6.07) is 6.48. The Bertz CT molecular complexity index is 318. The molecule has 2 rings (SSSR count). The molecule has 1 aromatic rings. The Hall–Kier alpha value is -0.630. The average Bonchev–Trinajstić information content (AvgIpc) is 2.08. The number of thioether (sulfide) groups is 1. The van der Waals surface area contributed by atoms with E-state index in [9.17, 15) is 0 Å². The van der Waals surface area contributed by atoms with E-state index in [0.29, 0.717) is 0 Å². The summed E-state index contributed by atoms with van der Waals surface area (Å²) in [7, 11) is 0. The van der Waals surface area contributed by atoms with Gasteiger partial charge in [-0.05, 0) is 48.3 Å². The van der Waals surface area contributed by atoms with Crippen LogP contribution in [0.1, 0.15) is 37.7 Å². The van der Waals surface area contributed by atoms with Crippen LogP contribution in [0.25, 0.3) is 0 Å². The van der Waals surface area contributed by atoms with Crippen molar-refractivity contribution in [2.24, 2.45) is 0 Å². The molecule has 1 saturated carbocycles. The zero-order valence-corrected chi connectivity index (χ0v) is 9.44. The quantitative estimate of drug-likeness (QED) is 0.605. The molecule has 1 aliphatic rings. The first-order chi connectivity index (χ1) is 6.81. The SMILES string of the molecule is CCSc1ccc(N)c(C2CCC2)c1. The van der Waals surface area contributed by atoms with E-state index in [1.165, 1.54) is 29.7 Å². The Labute approximate surface area is 90.1 Å². The molecule has 0 atom stereocenters. The standard InChI is InChI=1S/C12H17NS/c1-2-14-10-6-7-12(13)11(8-10)9-4-3-5-9/h6-9H,2-5,13H2,1H3. The minimum Gasteiger partial charge on any atom is -0.398 e. The summed E-state index contributed by atoms with van der Waals surface area (Å²) < 4.78 is 0. The molecule has 1 nitrogen and oxygen atoms in total. The third kappa shape index (κ3) is 1.90. The Balaban J connectivity index is 2.22. The highest BCUT2D eigenvalue weighted by atomic mass is 32.2. The van der Waals surface area contributed by atoms with Crippen molar-refractivity contribution < 1.29 is 0 Å². The topological polar surface area (TPSA) is 26.0 Å². The van der Waals surface area contributed by atoms with Crippen molar-refractivity contribution in [1.82, 2.24) is 0 Å². The van der Waals surface area contributed by atoms with Gasteiger partial charge in [-0.3, -0.25) is 0 Å². The highest BCUT2D eigenvalue weighted by Crippen LogP contribution is 2.40. The summed E-state index contributed by atoms with van der Waals surface area (Å²) in [6.45, 7) is 2.18. The molecule has 0 heterocycles. The van der Waals surface area contributed by atoms with Crippen LogP contribution in [0.3, 0.4) is 0 Å². The fraction of sp³-hybridized carbons (Fsp3) is 0.500. The summed E-state index contributed by atoms with van der Waals surface area (Å²) in [4.78, 5) is 1.36. The van der Waals surface area contributed by atoms with Crippen molar-refractivity contribution >= 4 is 17.4 Å². The van der Waals surface area contributed by atoms with E-state index in [0.717, 1.165) is 17.4 Å². The second kappa shape index (κ2) is 4.26. The van der Waals surface area contributed by atoms with Gasteiger partial charge in [0.15, 0.2) is 0 Å². The lowest BCUT2D eigenvalue weighted by Crippen LogP contribution is -2.11. The number of benzene rings is 1. The summed E-state index contributed by atoms with van der Waals surface area (Å²) in [5, 5.41) is 0. The molecule has 0 bridgehead atoms. The van der Waals surface area contributed by atoms with Crippen LogP contribution in [0.2, 0.25) is 0 Å². The van der Waals surface area contributed by atoms with E-state index in [4.69, 9.17) is 5.73 Å². The summed E-state index contributed by atoms with van der Waals surface area (Å²) in [5.41, 5.74) is 8.35. The average molecular weight is 207 g/mol. The van der Waals surface area contributed by atoms with Crippen molar-refractivity contribution in [3.8, 4) is 0 Å². The van der Waals surface area contributed by atoms with Gasteiger partial charge in [-0.15, -0.1) is 11.8 Å². The fourth-order valence-electron chi connectivity index (χ4n) is 1.88. The molecular weight excluding hydrogens is 190 g/mol. The first kappa shape index (κ1) is 9.91. The Morgan fingerprint density at radius 2 is 2.21 bits per heavy atom. The van der Waals surface area contributed by atoms with Crippen molar-refractivity contribution in [1.29, 1.82) is 0 Å². The zero-order chi connectivity index (χ0) is 9.97. The van der Waals surface area contributed by atoms with E-state index in [-0.39, 0.29) is 0 Å². The van der Waals surface area contributed by atoms with E-state index in [2.05, 4.69) is 25.1 Å². The molecule has 0 aliphatic heterocycles. The largest absolute Gasteiger partial charge is 0.398 e. The van der Waals surface area contributed by atoms with Crippen LogP contribution in [0, 0.1) is 0 Å². The highest BCUT2D eigenvalue weighted by Gasteiger charge is 2.21. The van der Waals surface area contributed by atoms with Crippen molar-refractivity contribution in [2.45, 2.75) is 37.0 Å². The molecule has 1 aliphatic carbocycles. The first-order valence-electron chi connectivity index (χ1n) is 5.33. The number of nitrogen functional groups attached to an aromatic ring is 1. The number of hydrogen-bond donors (Lipinski definition) is 1. The van der Waals surface area contributed by atoms with Crippen molar-refractivity contribution in [3.63, 3.8) is 0 Å². The van der Waals surface area contributed by atoms with Gasteiger partial charge in [0.05, 0.1) is 0 Å². The molecule has 0 radical (unpaired) electrons. The zero-order valence-electron chi connectivity index (χ0n) is 8.62. The van der Waals surface area contributed by atoms with Crippen LogP contribution >= 0.6 is 11.8 Å². The molecule has 0 amide bonds. The molecule has 0 spiro atoms. The molecule has 0 unspecified atom stereocenters. The Morgan fingerprint density at radius 1 is 1.43 bits per heavy atom. The van der Waals surface area contributed by atoms with E-state index in [1.54, 1.807) is 0 Å². The van der Waals surface area contributed by atoms with Crippen LogP contribution < -0.4 is 5.73 Å². The van der Waals surface area contributed by atoms with Crippen LogP contribution in [0.4, 0.5) is 5.69 Å². The second-order valence-corrected chi connectivity index (χ2v) is 5.19. The lowest BCUT2D eigenvalue weighted by molar-refractivity contribution is 0.420. The van der Waals surface area contributed by atoms with Gasteiger partial charge in [-0.2, -0.15) is 0 Å². The molecule has 14 heavy (non-hydrogen) atoms. The predicted octanol–water partition coefficient (Wildman–Crippen LogP) is 3.65. The molecule has 2 heteroatoms. The molecular formula is C12H17NS. The van der Waals surface area contributed by atoms with E-state index in [1.807, 2.05) is 11.8 Å². The Morgan fingerprint density at radius 3 is 2.79 bits per heavy atom. The Kier molecular flexibility index (Phi) is 3.02. The smallest absolute Gasteiger partial charge is 0.0350 e. The maximum Gasteiger partial charge on any atom is 0.0350 e. The number of anilines is 1. The number of hydrogen-bond acceptors (Lipinski definition) is 2. The van der Waals surface area contributed by atoms with Gasteiger partial charge >= 0.3 is 0 Å². The van der Waals surface area contributed by atoms with E-state index < -0.39 is 0 Å². The minimum absolute atomic E-state index is 0.743. The highest BCUT2D eigenvalue weighted by molar-refractivity contribution is 7.99. The number of nitrogens with two attached hydrogens (primary N) is 1. The van der Waals surface area contributed by atoms with Gasteiger partial charge in [0.1, 0.15) is 0 Å². The van der Waals surface area contributed by atoms with Gasteiger partial charge < -0.3 is 5.73 Å². The normalized spacial score (nSPS) is 16.6. The van der Waals surface area contributed by atoms with E-state index >= 15 is 0 Å². The predicted molar refractivity (Wildman–Crippen MR) is 63.8 cm³/mol. The lowest BCUT2D eigenvalue weighted by Gasteiger charge is -2.27. The summed E-state index contributed by atoms with van der Waals surface area (Å²) in [6.07, 6.45) is 4.02. The van der Waals surface area contributed by atoms with Crippen molar-refractivity contribution in [2.75, 3.05) is 11.5 Å². The van der Waals surface area contributed by atoms with Gasteiger partial charge in [0.25, 0.3) is 0 Å². The van der Waals surface area contributed by atoms with Gasteiger partial charge in [-0.25, -0.2) is 0 Å². The molecule has 76 valence electrons. The second-order valence-electron chi connectivity index (χ2n) is 3.85. The molecule has 2 N–H and O–H groups in total. The van der Waals surface area contributed by atoms with Crippen LogP contribution in [0.15, 0.2) is 23.1 Å². The molecule has 0 saturated heterocycles. The third-order valence-electron chi connectivity index (χ3n) is 2.91. The summed E-state index contributed by atoms with van der Waals surface area (Å²) >= 11 is 1.89. The maximum absolute atomic E-state index is 5.99. The van der Waals surface area contributed by atoms with Crippen LogP contribution in [-0.4, -0.2) is 5.75 Å². The molecule has 0 aromatic heterocycles. The van der Waals surface area contributed by atoms with Crippen molar-refractivity contribution in [3.05, 3.63) is 23.8 Å². The van der Waals surface area contributed by atoms with Gasteiger partial charge in [0, 0.05) is 10.6 Å². The third-order valence-corrected chi connectivity index (χ3v) is 3.79. The van der Waals surface area contributed by atoms with Crippen LogP contribution in [-0.2, 0) is 0 Å². The minimum atomic E-state index is 0.743.